The number of hydrogen-bond acceptors (Lipinski definition) is 3. The molecule has 102 valence electrons. The number of aryl methyl sites for hydroxylation is 1. The number of hydrogen-bond donors (Lipinski definition) is 1. The third-order valence-corrected chi connectivity index (χ3v) is 5.28. The molecule has 0 aliphatic carbocycles. The van der Waals surface area contributed by atoms with Crippen molar-refractivity contribution in [1.82, 2.24) is 8.87 Å². The monoisotopic (exact) mass is 272 g/mol. The standard InChI is InChI=1S/C12H20N2O3S/c1-2-13-9-12(8-11(13)10-15)18(16,17)14-6-4-3-5-7-14/h8-9,15H,2-7,10H2,1H3. The lowest BCUT2D eigenvalue weighted by Crippen LogP contribution is -2.35. The number of aliphatic hydroxyl groups is 1. The van der Waals surface area contributed by atoms with Crippen LogP contribution in [0.4, 0.5) is 0 Å². The Morgan fingerprint density at radius 1 is 1.28 bits per heavy atom. The molecule has 1 fully saturated rings. The van der Waals surface area contributed by atoms with Gasteiger partial charge in [-0.2, -0.15) is 4.31 Å². The minimum atomic E-state index is -3.38. The summed E-state index contributed by atoms with van der Waals surface area (Å²) in [7, 11) is -3.38. The Balaban J connectivity index is 2.31. The molecule has 0 amide bonds. The van der Waals surface area contributed by atoms with Crippen LogP contribution in [0.2, 0.25) is 0 Å². The highest BCUT2D eigenvalue weighted by atomic mass is 32.2. The molecule has 0 unspecified atom stereocenters. The quantitative estimate of drug-likeness (QED) is 0.895. The summed E-state index contributed by atoms with van der Waals surface area (Å²) in [5.41, 5.74) is 0.646. The van der Waals surface area contributed by atoms with E-state index in [1.165, 1.54) is 0 Å². The van der Waals surface area contributed by atoms with Gasteiger partial charge in [-0.25, -0.2) is 8.42 Å². The van der Waals surface area contributed by atoms with Crippen LogP contribution in [0, 0.1) is 0 Å². The predicted octanol–water partition coefficient (Wildman–Crippen LogP) is 1.17. The Bertz CT molecular complexity index is 480. The first-order valence-electron chi connectivity index (χ1n) is 6.39. The zero-order chi connectivity index (χ0) is 13.2. The summed E-state index contributed by atoms with van der Waals surface area (Å²) in [6.45, 7) is 3.66. The van der Waals surface area contributed by atoms with Crippen molar-refractivity contribution in [3.63, 3.8) is 0 Å². The molecule has 0 bridgehead atoms. The van der Waals surface area contributed by atoms with Crippen LogP contribution in [0.25, 0.3) is 0 Å². The van der Waals surface area contributed by atoms with E-state index in [0.717, 1.165) is 19.3 Å². The van der Waals surface area contributed by atoms with Crippen molar-refractivity contribution in [2.45, 2.75) is 44.2 Å². The molecular weight excluding hydrogens is 252 g/mol. The summed E-state index contributed by atoms with van der Waals surface area (Å²) in [6.07, 6.45) is 4.58. The lowest BCUT2D eigenvalue weighted by molar-refractivity contribution is 0.271. The third-order valence-electron chi connectivity index (χ3n) is 3.42. The van der Waals surface area contributed by atoms with Crippen LogP contribution in [-0.4, -0.2) is 35.5 Å². The number of rotatable bonds is 4. The second kappa shape index (κ2) is 5.42. The molecule has 2 rings (SSSR count). The van der Waals surface area contributed by atoms with Crippen LogP contribution in [0.1, 0.15) is 31.9 Å². The Morgan fingerprint density at radius 3 is 2.44 bits per heavy atom. The summed E-state index contributed by atoms with van der Waals surface area (Å²) in [4.78, 5) is 0.301. The second-order valence-electron chi connectivity index (χ2n) is 4.58. The largest absolute Gasteiger partial charge is 0.390 e. The maximum absolute atomic E-state index is 12.4. The van der Waals surface area contributed by atoms with E-state index < -0.39 is 10.0 Å². The lowest BCUT2D eigenvalue weighted by atomic mass is 10.2. The summed E-state index contributed by atoms with van der Waals surface area (Å²) in [5.74, 6) is 0. The maximum Gasteiger partial charge on any atom is 0.244 e. The number of aliphatic hydroxyl groups excluding tert-OH is 1. The first-order valence-corrected chi connectivity index (χ1v) is 7.83. The molecule has 2 heterocycles. The number of nitrogens with zero attached hydrogens (tertiary/aromatic N) is 2. The predicted molar refractivity (Wildman–Crippen MR) is 68.6 cm³/mol. The minimum absolute atomic E-state index is 0.136. The zero-order valence-electron chi connectivity index (χ0n) is 10.7. The van der Waals surface area contributed by atoms with Crippen LogP contribution in [-0.2, 0) is 23.2 Å². The van der Waals surface area contributed by atoms with Crippen LogP contribution in [0.15, 0.2) is 17.2 Å². The number of aromatic nitrogens is 1. The highest BCUT2D eigenvalue weighted by molar-refractivity contribution is 7.89. The third kappa shape index (κ3) is 2.46. The first kappa shape index (κ1) is 13.6. The normalized spacial score (nSPS) is 18.1. The Labute approximate surface area is 108 Å². The van der Waals surface area contributed by atoms with Gasteiger partial charge >= 0.3 is 0 Å². The van der Waals surface area contributed by atoms with Gasteiger partial charge in [0.05, 0.1) is 6.61 Å². The summed E-state index contributed by atoms with van der Waals surface area (Å²) in [5, 5.41) is 9.21. The molecular formula is C12H20N2O3S. The fourth-order valence-electron chi connectivity index (χ4n) is 2.35. The van der Waals surface area contributed by atoms with E-state index in [9.17, 15) is 13.5 Å². The average molecular weight is 272 g/mol. The van der Waals surface area contributed by atoms with E-state index in [4.69, 9.17) is 0 Å². The molecule has 1 saturated heterocycles. The molecule has 0 saturated carbocycles. The van der Waals surface area contributed by atoms with Gasteiger partial charge in [0, 0.05) is 31.5 Å². The molecule has 1 aliphatic rings. The van der Waals surface area contributed by atoms with E-state index in [-0.39, 0.29) is 6.61 Å². The molecule has 1 aromatic heterocycles. The minimum Gasteiger partial charge on any atom is -0.390 e. The number of sulfonamides is 1. The first-order chi connectivity index (χ1) is 8.59. The van der Waals surface area contributed by atoms with Gasteiger partial charge in [0.25, 0.3) is 0 Å². The van der Waals surface area contributed by atoms with E-state index in [0.29, 0.717) is 30.2 Å². The van der Waals surface area contributed by atoms with Crippen LogP contribution in [0.5, 0.6) is 0 Å². The smallest absolute Gasteiger partial charge is 0.244 e. The van der Waals surface area contributed by atoms with Gasteiger partial charge in [-0.1, -0.05) is 6.42 Å². The molecule has 18 heavy (non-hydrogen) atoms. The van der Waals surface area contributed by atoms with E-state index >= 15 is 0 Å². The van der Waals surface area contributed by atoms with Crippen LogP contribution >= 0.6 is 0 Å². The molecule has 0 radical (unpaired) electrons. The SMILES string of the molecule is CCn1cc(S(=O)(=O)N2CCCCC2)cc1CO. The van der Waals surface area contributed by atoms with Gasteiger partial charge in [0.2, 0.25) is 10.0 Å². The van der Waals surface area contributed by atoms with E-state index in [1.54, 1.807) is 21.1 Å². The fraction of sp³-hybridized carbons (Fsp3) is 0.667. The van der Waals surface area contributed by atoms with E-state index in [1.807, 2.05) is 6.92 Å². The van der Waals surface area contributed by atoms with Crippen molar-refractivity contribution in [3.8, 4) is 0 Å². The Kier molecular flexibility index (Phi) is 4.09. The molecule has 5 nitrogen and oxygen atoms in total. The maximum atomic E-state index is 12.4. The number of piperidine rings is 1. The van der Waals surface area contributed by atoms with Crippen molar-refractivity contribution in [2.75, 3.05) is 13.1 Å². The molecule has 0 spiro atoms. The summed E-state index contributed by atoms with van der Waals surface area (Å²) < 4.78 is 28.2. The van der Waals surface area contributed by atoms with E-state index in [2.05, 4.69) is 0 Å². The molecule has 1 aromatic rings. The molecule has 0 atom stereocenters. The van der Waals surface area contributed by atoms with Crippen molar-refractivity contribution in [2.24, 2.45) is 0 Å². The molecule has 0 aromatic carbocycles. The molecule has 6 heteroatoms. The van der Waals surface area contributed by atoms with Gasteiger partial charge in [-0.05, 0) is 25.8 Å². The zero-order valence-corrected chi connectivity index (χ0v) is 11.5. The molecule has 1 aliphatic heterocycles. The second-order valence-corrected chi connectivity index (χ2v) is 6.51. The van der Waals surface area contributed by atoms with Gasteiger partial charge in [0.15, 0.2) is 0 Å². The van der Waals surface area contributed by atoms with Gasteiger partial charge < -0.3 is 9.67 Å². The van der Waals surface area contributed by atoms with Crippen LogP contribution in [0.3, 0.4) is 0 Å². The topological polar surface area (TPSA) is 62.5 Å². The van der Waals surface area contributed by atoms with Crippen molar-refractivity contribution in [1.29, 1.82) is 0 Å². The highest BCUT2D eigenvalue weighted by Gasteiger charge is 2.27. The van der Waals surface area contributed by atoms with Gasteiger partial charge in [-0.3, -0.25) is 0 Å². The van der Waals surface area contributed by atoms with Crippen molar-refractivity contribution >= 4 is 10.0 Å². The van der Waals surface area contributed by atoms with Crippen molar-refractivity contribution < 1.29 is 13.5 Å². The lowest BCUT2D eigenvalue weighted by Gasteiger charge is -2.25. The van der Waals surface area contributed by atoms with Gasteiger partial charge in [-0.15, -0.1) is 0 Å². The Hall–Kier alpha value is -0.850. The fourth-order valence-corrected chi connectivity index (χ4v) is 3.93. The Morgan fingerprint density at radius 2 is 1.94 bits per heavy atom. The average Bonchev–Trinajstić information content (AvgIpc) is 2.83. The van der Waals surface area contributed by atoms with Crippen LogP contribution < -0.4 is 0 Å². The highest BCUT2D eigenvalue weighted by Crippen LogP contribution is 2.22. The summed E-state index contributed by atoms with van der Waals surface area (Å²) >= 11 is 0. The van der Waals surface area contributed by atoms with Gasteiger partial charge in [0.1, 0.15) is 4.90 Å². The molecule has 1 N–H and O–H groups in total. The summed E-state index contributed by atoms with van der Waals surface area (Å²) in [6, 6.07) is 1.58. The van der Waals surface area contributed by atoms with Crippen molar-refractivity contribution in [3.05, 3.63) is 18.0 Å².